The first-order valence-corrected chi connectivity index (χ1v) is 32.1. The third kappa shape index (κ3) is 11.4. The first kappa shape index (κ1) is 52.8. The average Bonchev–Trinajstić information content (AvgIpc) is 3.54. The minimum Gasteiger partial charge on any atom is -0.457 e. The van der Waals surface area contributed by atoms with E-state index in [0.717, 1.165) is 73.9 Å². The number of ether oxygens (including phenoxy) is 2. The Morgan fingerprint density at radius 3 is 1.77 bits per heavy atom. The van der Waals surface area contributed by atoms with Crippen LogP contribution in [-0.2, 0) is 37.1 Å². The summed E-state index contributed by atoms with van der Waals surface area (Å²) in [5, 5.41) is 2.17. The van der Waals surface area contributed by atoms with Gasteiger partial charge in [0.2, 0.25) is 0 Å². The van der Waals surface area contributed by atoms with E-state index >= 15 is 0 Å². The van der Waals surface area contributed by atoms with Crippen LogP contribution in [0.1, 0.15) is 121 Å². The number of unbranched alkanes of at least 4 members (excludes halogenated alkanes) is 3. The molecule has 0 unspecified atom stereocenters. The van der Waals surface area contributed by atoms with Crippen LogP contribution >= 0.6 is 0 Å². The number of carbonyl (C=O) groups is 3. The van der Waals surface area contributed by atoms with Crippen molar-refractivity contribution in [3.8, 4) is 0 Å². The Balaban J connectivity index is 1.74. The van der Waals surface area contributed by atoms with Crippen molar-refractivity contribution in [2.75, 3.05) is 19.8 Å². The van der Waals surface area contributed by atoms with Crippen LogP contribution in [0, 0.1) is 23.2 Å². The van der Waals surface area contributed by atoms with Gasteiger partial charge in [-0.2, -0.15) is 0 Å². The molecule has 0 aromatic heterocycles. The number of carbonyl (C=O) groups excluding carboxylic acids is 3. The van der Waals surface area contributed by atoms with Gasteiger partial charge >= 0.3 is 17.9 Å². The Morgan fingerprint density at radius 2 is 1.29 bits per heavy atom. The molecular formula is C54H82O8Si3. The standard InChI is InChI=1S/C54H82O8Si3/c1-12-19-20-21-22-25-30-42-37-47-50(61-41(8)55)48(45(42)35-36-58-65(53(9,10)11,43-31-26-23-27-32-43)44-33-28-24-29-34-44)49-46(51(56)62-52(49)57)38-54(47,39-59-63(13-2,14-3)15-4)40-60-64(16-5,17-6)18-7/h12,19,23-24,26-29,31-34,37,42,45,48,50H,13-18,20-22,25,30,35-36,38-40H2,1-11H3/b19-12+/t42-,45+,48+,50+/m1/s1. The molecule has 0 amide bonds. The summed E-state index contributed by atoms with van der Waals surface area (Å²) in [5.74, 6) is -2.44. The van der Waals surface area contributed by atoms with Crippen molar-refractivity contribution in [1.29, 1.82) is 0 Å². The number of hydrogen-bond acceptors (Lipinski definition) is 8. The molecule has 2 bridgehead atoms. The number of esters is 3. The van der Waals surface area contributed by atoms with Crippen LogP contribution in [0.25, 0.3) is 0 Å². The minimum atomic E-state index is -2.93. The molecule has 65 heavy (non-hydrogen) atoms. The number of allylic oxidation sites excluding steroid dienone is 3. The van der Waals surface area contributed by atoms with Crippen molar-refractivity contribution in [3.05, 3.63) is 95.6 Å². The molecule has 5 rings (SSSR count). The molecule has 1 aliphatic heterocycles. The lowest BCUT2D eigenvalue weighted by Crippen LogP contribution is -2.66. The summed E-state index contributed by atoms with van der Waals surface area (Å²) < 4.78 is 34.5. The van der Waals surface area contributed by atoms with Gasteiger partial charge in [0.15, 0.2) is 16.6 Å². The van der Waals surface area contributed by atoms with Crippen molar-refractivity contribution in [2.45, 2.75) is 169 Å². The molecule has 358 valence electrons. The summed E-state index contributed by atoms with van der Waals surface area (Å²) >= 11 is 0. The third-order valence-electron chi connectivity index (χ3n) is 15.8. The number of rotatable bonds is 25. The van der Waals surface area contributed by atoms with Crippen LogP contribution in [0.2, 0.25) is 41.3 Å². The summed E-state index contributed by atoms with van der Waals surface area (Å²) in [7, 11) is -7.32. The second-order valence-corrected chi connectivity index (χ2v) is 34.0. The molecule has 0 radical (unpaired) electrons. The van der Waals surface area contributed by atoms with Gasteiger partial charge in [0.1, 0.15) is 6.10 Å². The van der Waals surface area contributed by atoms with Gasteiger partial charge in [0, 0.05) is 43.7 Å². The Kier molecular flexibility index (Phi) is 18.8. The fourth-order valence-electron chi connectivity index (χ4n) is 11.5. The molecule has 11 heteroatoms. The van der Waals surface area contributed by atoms with E-state index in [4.69, 9.17) is 22.8 Å². The van der Waals surface area contributed by atoms with Crippen LogP contribution in [0.15, 0.2) is 95.6 Å². The fraction of sp³-hybridized carbons (Fsp3) is 0.611. The minimum absolute atomic E-state index is 0.00272. The molecule has 0 saturated heterocycles. The van der Waals surface area contributed by atoms with Crippen LogP contribution in [-0.4, -0.2) is 68.8 Å². The van der Waals surface area contributed by atoms with Gasteiger partial charge in [0.25, 0.3) is 8.32 Å². The van der Waals surface area contributed by atoms with Gasteiger partial charge in [-0.3, -0.25) is 4.79 Å². The zero-order valence-electron chi connectivity index (χ0n) is 41.9. The zero-order chi connectivity index (χ0) is 47.5. The predicted molar refractivity (Wildman–Crippen MR) is 272 cm³/mol. The van der Waals surface area contributed by atoms with Gasteiger partial charge in [-0.15, -0.1) is 0 Å². The molecule has 0 N–H and O–H groups in total. The molecule has 0 saturated carbocycles. The first-order chi connectivity index (χ1) is 31.1. The van der Waals surface area contributed by atoms with E-state index < -0.39 is 60.3 Å². The second-order valence-electron chi connectivity index (χ2n) is 20.1. The first-order valence-electron chi connectivity index (χ1n) is 25.1. The monoisotopic (exact) mass is 943 g/mol. The lowest BCUT2D eigenvalue weighted by atomic mass is 9.62. The van der Waals surface area contributed by atoms with Crippen LogP contribution in [0.5, 0.6) is 0 Å². The van der Waals surface area contributed by atoms with Crippen molar-refractivity contribution >= 4 is 53.2 Å². The Hall–Kier alpha value is -3.20. The largest absolute Gasteiger partial charge is 0.457 e. The predicted octanol–water partition coefficient (Wildman–Crippen LogP) is 12.0. The highest BCUT2D eigenvalue weighted by Gasteiger charge is 2.59. The molecule has 3 aliphatic rings. The summed E-state index contributed by atoms with van der Waals surface area (Å²) in [4.78, 5) is 42.2. The summed E-state index contributed by atoms with van der Waals surface area (Å²) in [6.07, 6.45) is 11.8. The number of hydrogen-bond donors (Lipinski definition) is 0. The smallest absolute Gasteiger partial charge is 0.342 e. The topological polar surface area (TPSA) is 97.4 Å². The maximum absolute atomic E-state index is 14.4. The lowest BCUT2D eigenvalue weighted by Gasteiger charge is -2.48. The quantitative estimate of drug-likeness (QED) is 0.0319. The fourth-order valence-corrected chi connectivity index (χ4v) is 21.4. The highest BCUT2D eigenvalue weighted by atomic mass is 28.4. The maximum atomic E-state index is 14.4. The highest BCUT2D eigenvalue weighted by molar-refractivity contribution is 6.99. The van der Waals surface area contributed by atoms with E-state index in [9.17, 15) is 14.4 Å². The lowest BCUT2D eigenvalue weighted by molar-refractivity contribution is -0.155. The Bertz CT molecular complexity index is 1900. The molecule has 0 fully saturated rings. The van der Waals surface area contributed by atoms with Gasteiger partial charge in [-0.1, -0.05) is 154 Å². The molecule has 2 aromatic rings. The van der Waals surface area contributed by atoms with Gasteiger partial charge in [-0.05, 0) is 108 Å². The third-order valence-corrected chi connectivity index (χ3v) is 30.1. The van der Waals surface area contributed by atoms with Gasteiger partial charge < -0.3 is 22.8 Å². The molecule has 0 spiro atoms. The molecule has 8 nitrogen and oxygen atoms in total. The van der Waals surface area contributed by atoms with Crippen LogP contribution in [0.3, 0.4) is 0 Å². The van der Waals surface area contributed by atoms with Gasteiger partial charge in [-0.25, -0.2) is 9.59 Å². The highest BCUT2D eigenvalue weighted by Crippen LogP contribution is 2.56. The number of benzene rings is 2. The molecule has 1 heterocycles. The van der Waals surface area contributed by atoms with E-state index in [-0.39, 0.29) is 23.3 Å². The second kappa shape index (κ2) is 23.2. The van der Waals surface area contributed by atoms with E-state index in [0.29, 0.717) is 37.4 Å². The maximum Gasteiger partial charge on any atom is 0.342 e. The molecule has 2 aliphatic carbocycles. The Labute approximate surface area is 395 Å². The van der Waals surface area contributed by atoms with Crippen molar-refractivity contribution in [2.24, 2.45) is 23.2 Å². The molecule has 2 aromatic carbocycles. The van der Waals surface area contributed by atoms with Crippen LogP contribution < -0.4 is 10.4 Å². The molecule has 4 atom stereocenters. The summed E-state index contributed by atoms with van der Waals surface area (Å²) in [6.45, 7) is 24.8. The normalized spacial score (nSPS) is 21.3. The van der Waals surface area contributed by atoms with E-state index in [1.54, 1.807) is 0 Å². The summed E-state index contributed by atoms with van der Waals surface area (Å²) in [5.41, 5.74) is 0.853. The number of fused-ring (bicyclic) bond motifs is 3. The summed E-state index contributed by atoms with van der Waals surface area (Å²) in [6, 6.07) is 27.1. The SMILES string of the molecule is C/C=C/CCCCC[C@@H]1C=C2[C@H](OC(C)=O)[C@H](C3=C(CC2(CO[Si](CC)(CC)CC)CO[Si](CC)(CC)CC)C(=O)OC3=O)[C@H]1CCO[Si](c1ccccc1)(c1ccccc1)C(C)(C)C. The van der Waals surface area contributed by atoms with E-state index in [1.807, 2.05) is 0 Å². The van der Waals surface area contributed by atoms with E-state index in [1.165, 1.54) is 17.3 Å². The van der Waals surface area contributed by atoms with Crippen LogP contribution in [0.4, 0.5) is 0 Å². The zero-order valence-corrected chi connectivity index (χ0v) is 44.9. The van der Waals surface area contributed by atoms with Crippen molar-refractivity contribution < 1.29 is 37.1 Å². The van der Waals surface area contributed by atoms with E-state index in [2.05, 4.69) is 148 Å². The Morgan fingerprint density at radius 1 is 0.754 bits per heavy atom. The average molecular weight is 944 g/mol. The molecular weight excluding hydrogens is 861 g/mol. The number of cyclic esters (lactones) is 2. The van der Waals surface area contributed by atoms with Crippen molar-refractivity contribution in [3.63, 3.8) is 0 Å². The van der Waals surface area contributed by atoms with Gasteiger partial charge in [0.05, 0.1) is 5.57 Å². The van der Waals surface area contributed by atoms with Crippen molar-refractivity contribution in [1.82, 2.24) is 0 Å².